The van der Waals surface area contributed by atoms with Crippen molar-refractivity contribution >= 4 is 21.6 Å². The zero-order chi connectivity index (χ0) is 20.0. The molecule has 2 aromatic rings. The minimum atomic E-state index is -3.97. The SMILES string of the molecule is COc1cncc(NS(=O)(=O)c2ccccc2C(=O)NCCN2CCCC2)c1. The van der Waals surface area contributed by atoms with Crippen LogP contribution in [-0.4, -0.2) is 57.5 Å². The largest absolute Gasteiger partial charge is 0.495 e. The number of ether oxygens (including phenoxy) is 1. The van der Waals surface area contributed by atoms with E-state index in [1.807, 2.05) is 0 Å². The standard InChI is InChI=1S/C19H24N4O4S/c1-27-16-12-15(13-20-14-16)22-28(25,26)18-7-3-2-6-17(18)19(24)21-8-11-23-9-4-5-10-23/h2-3,6-7,12-14,22H,4-5,8-11H2,1H3,(H,21,24). The maximum absolute atomic E-state index is 12.8. The Labute approximate surface area is 165 Å². The van der Waals surface area contributed by atoms with Gasteiger partial charge < -0.3 is 15.0 Å². The van der Waals surface area contributed by atoms with Gasteiger partial charge in [0, 0.05) is 19.2 Å². The lowest BCUT2D eigenvalue weighted by atomic mass is 10.2. The summed E-state index contributed by atoms with van der Waals surface area (Å²) in [7, 11) is -2.50. The molecular weight excluding hydrogens is 380 g/mol. The Morgan fingerprint density at radius 1 is 1.21 bits per heavy atom. The summed E-state index contributed by atoms with van der Waals surface area (Å²) in [6, 6.07) is 7.65. The number of hydrogen-bond acceptors (Lipinski definition) is 6. The van der Waals surface area contributed by atoms with E-state index in [2.05, 4.69) is 19.9 Å². The molecule has 150 valence electrons. The van der Waals surface area contributed by atoms with E-state index in [-0.39, 0.29) is 16.1 Å². The second-order valence-electron chi connectivity index (χ2n) is 6.52. The molecule has 0 saturated carbocycles. The molecule has 1 aliphatic rings. The number of carbonyl (C=O) groups excluding carboxylic acids is 1. The smallest absolute Gasteiger partial charge is 0.262 e. The average Bonchev–Trinajstić information content (AvgIpc) is 3.21. The van der Waals surface area contributed by atoms with Crippen molar-refractivity contribution in [1.82, 2.24) is 15.2 Å². The van der Waals surface area contributed by atoms with Crippen LogP contribution >= 0.6 is 0 Å². The fourth-order valence-electron chi connectivity index (χ4n) is 3.11. The van der Waals surface area contributed by atoms with E-state index in [9.17, 15) is 13.2 Å². The minimum Gasteiger partial charge on any atom is -0.495 e. The van der Waals surface area contributed by atoms with E-state index < -0.39 is 15.9 Å². The number of methoxy groups -OCH3 is 1. The van der Waals surface area contributed by atoms with Crippen LogP contribution in [0.25, 0.3) is 0 Å². The Morgan fingerprint density at radius 3 is 2.71 bits per heavy atom. The van der Waals surface area contributed by atoms with E-state index in [0.29, 0.717) is 12.3 Å². The molecule has 1 saturated heterocycles. The van der Waals surface area contributed by atoms with Gasteiger partial charge in [-0.3, -0.25) is 14.5 Å². The predicted octanol–water partition coefficient (Wildman–Crippen LogP) is 1.72. The van der Waals surface area contributed by atoms with Gasteiger partial charge in [0.1, 0.15) is 10.6 Å². The van der Waals surface area contributed by atoms with Crippen LogP contribution in [0.4, 0.5) is 5.69 Å². The monoisotopic (exact) mass is 404 g/mol. The van der Waals surface area contributed by atoms with Crippen LogP contribution in [0, 0.1) is 0 Å². The first kappa shape index (κ1) is 20.1. The Hall–Kier alpha value is -2.65. The van der Waals surface area contributed by atoms with Crippen LogP contribution < -0.4 is 14.8 Å². The lowest BCUT2D eigenvalue weighted by Crippen LogP contribution is -2.34. The van der Waals surface area contributed by atoms with Crippen molar-refractivity contribution in [1.29, 1.82) is 0 Å². The molecular formula is C19H24N4O4S. The van der Waals surface area contributed by atoms with E-state index >= 15 is 0 Å². The molecule has 2 heterocycles. The van der Waals surface area contributed by atoms with Crippen molar-refractivity contribution < 1.29 is 17.9 Å². The molecule has 3 rings (SSSR count). The van der Waals surface area contributed by atoms with Gasteiger partial charge >= 0.3 is 0 Å². The highest BCUT2D eigenvalue weighted by molar-refractivity contribution is 7.92. The molecule has 28 heavy (non-hydrogen) atoms. The summed E-state index contributed by atoms with van der Waals surface area (Å²) in [6.07, 6.45) is 5.21. The number of sulfonamides is 1. The number of carbonyl (C=O) groups is 1. The quantitative estimate of drug-likeness (QED) is 0.695. The van der Waals surface area contributed by atoms with Gasteiger partial charge in [0.25, 0.3) is 15.9 Å². The molecule has 0 aliphatic carbocycles. The van der Waals surface area contributed by atoms with Crippen molar-refractivity contribution in [2.24, 2.45) is 0 Å². The van der Waals surface area contributed by atoms with E-state index in [4.69, 9.17) is 4.74 Å². The van der Waals surface area contributed by atoms with E-state index in [1.165, 1.54) is 50.5 Å². The first-order valence-corrected chi connectivity index (χ1v) is 10.6. The number of aromatic nitrogens is 1. The maximum atomic E-state index is 12.8. The molecule has 0 bridgehead atoms. The molecule has 1 aromatic carbocycles. The van der Waals surface area contributed by atoms with Gasteiger partial charge in [-0.25, -0.2) is 8.42 Å². The number of rotatable bonds is 8. The molecule has 0 atom stereocenters. The fraction of sp³-hybridized carbons (Fsp3) is 0.368. The number of anilines is 1. The Kier molecular flexibility index (Phi) is 6.48. The second-order valence-corrected chi connectivity index (χ2v) is 8.17. The molecule has 2 N–H and O–H groups in total. The third kappa shape index (κ3) is 4.99. The van der Waals surface area contributed by atoms with Crippen LogP contribution in [0.3, 0.4) is 0 Å². The van der Waals surface area contributed by atoms with Crippen molar-refractivity contribution in [3.8, 4) is 5.75 Å². The highest BCUT2D eigenvalue weighted by Gasteiger charge is 2.22. The van der Waals surface area contributed by atoms with Crippen molar-refractivity contribution in [3.63, 3.8) is 0 Å². The highest BCUT2D eigenvalue weighted by Crippen LogP contribution is 2.21. The summed E-state index contributed by atoms with van der Waals surface area (Å²) in [6.45, 7) is 3.31. The summed E-state index contributed by atoms with van der Waals surface area (Å²) in [5, 5.41) is 2.82. The van der Waals surface area contributed by atoms with Crippen LogP contribution in [-0.2, 0) is 10.0 Å². The van der Waals surface area contributed by atoms with Crippen molar-refractivity contribution in [2.75, 3.05) is 38.0 Å². The van der Waals surface area contributed by atoms with Crippen LogP contribution in [0.15, 0.2) is 47.6 Å². The number of hydrogen-bond donors (Lipinski definition) is 2. The van der Waals surface area contributed by atoms with Crippen LogP contribution in [0.1, 0.15) is 23.2 Å². The summed E-state index contributed by atoms with van der Waals surface area (Å²) >= 11 is 0. The number of benzene rings is 1. The van der Waals surface area contributed by atoms with Gasteiger partial charge in [-0.2, -0.15) is 0 Å². The summed E-state index contributed by atoms with van der Waals surface area (Å²) in [5.41, 5.74) is 0.357. The Morgan fingerprint density at radius 2 is 1.96 bits per heavy atom. The number of likely N-dealkylation sites (tertiary alicyclic amines) is 1. The molecule has 1 fully saturated rings. The second kappa shape index (κ2) is 9.03. The van der Waals surface area contributed by atoms with Gasteiger partial charge in [0.2, 0.25) is 0 Å². The Balaban J connectivity index is 1.73. The highest BCUT2D eigenvalue weighted by atomic mass is 32.2. The zero-order valence-electron chi connectivity index (χ0n) is 15.7. The van der Waals surface area contributed by atoms with Gasteiger partial charge in [-0.05, 0) is 38.1 Å². The molecule has 0 unspecified atom stereocenters. The molecule has 1 amide bonds. The number of pyridine rings is 1. The zero-order valence-corrected chi connectivity index (χ0v) is 16.5. The van der Waals surface area contributed by atoms with Crippen molar-refractivity contribution in [3.05, 3.63) is 48.3 Å². The summed E-state index contributed by atoms with van der Waals surface area (Å²) < 4.78 is 33.2. The maximum Gasteiger partial charge on any atom is 0.262 e. The average molecular weight is 404 g/mol. The van der Waals surface area contributed by atoms with E-state index in [0.717, 1.165) is 19.6 Å². The lowest BCUT2D eigenvalue weighted by Gasteiger charge is -2.16. The molecule has 0 radical (unpaired) electrons. The number of nitrogens with zero attached hydrogens (tertiary/aromatic N) is 2. The number of nitrogens with one attached hydrogen (secondary N) is 2. The molecule has 1 aromatic heterocycles. The Bertz CT molecular complexity index is 927. The van der Waals surface area contributed by atoms with Gasteiger partial charge in [-0.15, -0.1) is 0 Å². The third-order valence-electron chi connectivity index (χ3n) is 4.53. The topological polar surface area (TPSA) is 101 Å². The fourth-order valence-corrected chi connectivity index (χ4v) is 4.35. The first-order valence-electron chi connectivity index (χ1n) is 9.11. The third-order valence-corrected chi connectivity index (χ3v) is 5.97. The predicted molar refractivity (Wildman–Crippen MR) is 106 cm³/mol. The van der Waals surface area contributed by atoms with Gasteiger partial charge in [0.05, 0.1) is 30.8 Å². The van der Waals surface area contributed by atoms with Gasteiger partial charge in [-0.1, -0.05) is 12.1 Å². The normalized spacial score (nSPS) is 14.6. The molecule has 9 heteroatoms. The van der Waals surface area contributed by atoms with Crippen molar-refractivity contribution in [2.45, 2.75) is 17.7 Å². The molecule has 0 spiro atoms. The summed E-state index contributed by atoms with van der Waals surface area (Å²) in [4.78, 5) is 18.7. The summed E-state index contributed by atoms with van der Waals surface area (Å²) in [5.74, 6) is 0.0112. The first-order chi connectivity index (χ1) is 13.5. The van der Waals surface area contributed by atoms with E-state index in [1.54, 1.807) is 12.1 Å². The molecule has 1 aliphatic heterocycles. The molecule has 8 nitrogen and oxygen atoms in total. The van der Waals surface area contributed by atoms with Crippen LogP contribution in [0.5, 0.6) is 5.75 Å². The van der Waals surface area contributed by atoms with Gasteiger partial charge in [0.15, 0.2) is 0 Å². The van der Waals surface area contributed by atoms with Crippen LogP contribution in [0.2, 0.25) is 0 Å². The lowest BCUT2D eigenvalue weighted by molar-refractivity contribution is 0.0946. The number of amides is 1. The minimum absolute atomic E-state index is 0.0866.